The van der Waals surface area contributed by atoms with E-state index in [1.807, 2.05) is 0 Å². The van der Waals surface area contributed by atoms with Crippen LogP contribution in [0.15, 0.2) is 24.3 Å². The molecule has 0 radical (unpaired) electrons. The smallest absolute Gasteiger partial charge is 0.339 e. The lowest BCUT2D eigenvalue weighted by molar-refractivity contribution is -0.122. The highest BCUT2D eigenvalue weighted by Crippen LogP contribution is 2.25. The predicted molar refractivity (Wildman–Crippen MR) is 123 cm³/mol. The standard InChI is InChI=1S/C25H33N3O4/c1-5-18-6-8-20(9-7-18)15-26-21(29)14-19-10-12-28(13-11-19)24(30)23-16(2)22(17(3)27-23)25(31)32-4/h6-9,19,27H,5,10-15H2,1-4H3,(H,26,29). The van der Waals surface area contributed by atoms with Gasteiger partial charge in [0.25, 0.3) is 5.91 Å². The molecule has 0 bridgehead atoms. The highest BCUT2D eigenvalue weighted by atomic mass is 16.5. The van der Waals surface area contributed by atoms with E-state index >= 15 is 0 Å². The summed E-state index contributed by atoms with van der Waals surface area (Å²) in [6.07, 6.45) is 3.05. The third kappa shape index (κ3) is 5.39. The summed E-state index contributed by atoms with van der Waals surface area (Å²) >= 11 is 0. The molecule has 2 amide bonds. The van der Waals surface area contributed by atoms with Crippen LogP contribution in [-0.2, 0) is 22.5 Å². The molecule has 0 atom stereocenters. The highest BCUT2D eigenvalue weighted by Gasteiger charge is 2.29. The molecule has 172 valence electrons. The van der Waals surface area contributed by atoms with Crippen molar-refractivity contribution < 1.29 is 19.1 Å². The number of carbonyl (C=O) groups excluding carboxylic acids is 3. The first-order valence-electron chi connectivity index (χ1n) is 11.2. The van der Waals surface area contributed by atoms with Crippen LogP contribution < -0.4 is 5.32 Å². The monoisotopic (exact) mass is 439 g/mol. The number of carbonyl (C=O) groups is 3. The second-order valence-corrected chi connectivity index (χ2v) is 8.50. The van der Waals surface area contributed by atoms with Crippen molar-refractivity contribution in [2.45, 2.75) is 53.0 Å². The molecule has 2 N–H and O–H groups in total. The van der Waals surface area contributed by atoms with Crippen LogP contribution in [0, 0.1) is 19.8 Å². The number of aromatic amines is 1. The first-order chi connectivity index (χ1) is 15.3. The summed E-state index contributed by atoms with van der Waals surface area (Å²) in [5, 5.41) is 3.01. The molecule has 1 fully saturated rings. The minimum atomic E-state index is -0.443. The average Bonchev–Trinajstić information content (AvgIpc) is 3.11. The molecule has 1 aromatic carbocycles. The molecule has 1 saturated heterocycles. The highest BCUT2D eigenvalue weighted by molar-refractivity contribution is 6.00. The van der Waals surface area contributed by atoms with Crippen LogP contribution in [0.3, 0.4) is 0 Å². The van der Waals surface area contributed by atoms with Gasteiger partial charge in [-0.1, -0.05) is 31.2 Å². The van der Waals surface area contributed by atoms with E-state index in [4.69, 9.17) is 4.74 Å². The van der Waals surface area contributed by atoms with Crippen molar-refractivity contribution in [2.75, 3.05) is 20.2 Å². The molecule has 1 aromatic heterocycles. The Balaban J connectivity index is 1.49. The Morgan fingerprint density at radius 3 is 2.31 bits per heavy atom. The van der Waals surface area contributed by atoms with Crippen LogP contribution in [0.2, 0.25) is 0 Å². The van der Waals surface area contributed by atoms with Crippen LogP contribution in [0.5, 0.6) is 0 Å². The van der Waals surface area contributed by atoms with E-state index in [1.54, 1.807) is 18.7 Å². The van der Waals surface area contributed by atoms with E-state index in [1.165, 1.54) is 12.7 Å². The van der Waals surface area contributed by atoms with Gasteiger partial charge in [0.2, 0.25) is 5.91 Å². The maximum absolute atomic E-state index is 13.0. The third-order valence-electron chi connectivity index (χ3n) is 6.34. The summed E-state index contributed by atoms with van der Waals surface area (Å²) in [5.41, 5.74) is 4.49. The minimum absolute atomic E-state index is 0.0490. The number of H-pyrrole nitrogens is 1. The number of hydrogen-bond acceptors (Lipinski definition) is 4. The summed E-state index contributed by atoms with van der Waals surface area (Å²) in [5.74, 6) is -0.243. The zero-order chi connectivity index (χ0) is 23.3. The fourth-order valence-corrected chi connectivity index (χ4v) is 4.30. The lowest BCUT2D eigenvalue weighted by Gasteiger charge is -2.31. The van der Waals surface area contributed by atoms with Gasteiger partial charge in [0, 0.05) is 31.7 Å². The first kappa shape index (κ1) is 23.6. The molecule has 7 heteroatoms. The molecule has 0 saturated carbocycles. The molecule has 2 heterocycles. The number of amides is 2. The van der Waals surface area contributed by atoms with Gasteiger partial charge in [0.1, 0.15) is 5.69 Å². The molecule has 0 unspecified atom stereocenters. The van der Waals surface area contributed by atoms with Crippen molar-refractivity contribution in [1.29, 1.82) is 0 Å². The number of methoxy groups -OCH3 is 1. The number of likely N-dealkylation sites (tertiary alicyclic amines) is 1. The number of aromatic nitrogens is 1. The minimum Gasteiger partial charge on any atom is -0.465 e. The zero-order valence-electron chi connectivity index (χ0n) is 19.4. The Hall–Kier alpha value is -3.09. The molecule has 1 aliphatic rings. The summed E-state index contributed by atoms with van der Waals surface area (Å²) < 4.78 is 4.82. The van der Waals surface area contributed by atoms with Crippen molar-refractivity contribution in [3.63, 3.8) is 0 Å². The molecule has 32 heavy (non-hydrogen) atoms. The summed E-state index contributed by atoms with van der Waals surface area (Å²) in [6, 6.07) is 8.30. The van der Waals surface area contributed by atoms with Crippen molar-refractivity contribution in [3.05, 3.63) is 57.9 Å². The second kappa shape index (κ2) is 10.5. The van der Waals surface area contributed by atoms with Gasteiger partial charge in [-0.25, -0.2) is 4.79 Å². The molecule has 1 aliphatic heterocycles. The van der Waals surface area contributed by atoms with Gasteiger partial charge in [-0.05, 0) is 55.7 Å². The molecule has 3 rings (SSSR count). The van der Waals surface area contributed by atoms with E-state index in [9.17, 15) is 14.4 Å². The number of rotatable bonds is 7. The predicted octanol–water partition coefficient (Wildman–Crippen LogP) is 3.54. The SMILES string of the molecule is CCc1ccc(CNC(=O)CC2CCN(C(=O)c3[nH]c(C)c(C(=O)OC)c3C)CC2)cc1. The van der Waals surface area contributed by atoms with Crippen molar-refractivity contribution in [1.82, 2.24) is 15.2 Å². The van der Waals surface area contributed by atoms with Gasteiger partial charge in [0.05, 0.1) is 12.7 Å². The van der Waals surface area contributed by atoms with Crippen LogP contribution in [0.25, 0.3) is 0 Å². The van der Waals surface area contributed by atoms with Crippen molar-refractivity contribution in [3.8, 4) is 0 Å². The van der Waals surface area contributed by atoms with E-state index in [2.05, 4.69) is 41.5 Å². The summed E-state index contributed by atoms with van der Waals surface area (Å²) in [6.45, 7) is 7.37. The van der Waals surface area contributed by atoms with Gasteiger partial charge in [-0.3, -0.25) is 9.59 Å². The molecule has 0 aliphatic carbocycles. The molecule has 7 nitrogen and oxygen atoms in total. The number of piperidine rings is 1. The van der Waals surface area contributed by atoms with Crippen LogP contribution >= 0.6 is 0 Å². The zero-order valence-corrected chi connectivity index (χ0v) is 19.4. The number of nitrogens with zero attached hydrogens (tertiary/aromatic N) is 1. The summed E-state index contributed by atoms with van der Waals surface area (Å²) in [4.78, 5) is 42.2. The van der Waals surface area contributed by atoms with Crippen molar-refractivity contribution in [2.24, 2.45) is 5.92 Å². The summed E-state index contributed by atoms with van der Waals surface area (Å²) in [7, 11) is 1.33. The number of esters is 1. The average molecular weight is 440 g/mol. The quantitative estimate of drug-likeness (QED) is 0.646. The van der Waals surface area contributed by atoms with Crippen molar-refractivity contribution >= 4 is 17.8 Å². The van der Waals surface area contributed by atoms with Crippen LogP contribution in [0.4, 0.5) is 0 Å². The Morgan fingerprint density at radius 1 is 1.09 bits per heavy atom. The van der Waals surface area contributed by atoms with Crippen LogP contribution in [-0.4, -0.2) is 47.9 Å². The third-order valence-corrected chi connectivity index (χ3v) is 6.34. The van der Waals surface area contributed by atoms with E-state index in [-0.39, 0.29) is 17.7 Å². The first-order valence-corrected chi connectivity index (χ1v) is 11.2. The molecular weight excluding hydrogens is 406 g/mol. The van der Waals surface area contributed by atoms with E-state index < -0.39 is 5.97 Å². The number of aryl methyl sites for hydroxylation is 2. The topological polar surface area (TPSA) is 91.5 Å². The lowest BCUT2D eigenvalue weighted by atomic mass is 9.93. The molecular formula is C25H33N3O4. The Kier molecular flexibility index (Phi) is 7.72. The van der Waals surface area contributed by atoms with E-state index in [0.29, 0.717) is 48.6 Å². The maximum Gasteiger partial charge on any atom is 0.339 e. The fourth-order valence-electron chi connectivity index (χ4n) is 4.30. The maximum atomic E-state index is 13.0. The normalized spacial score (nSPS) is 14.3. The van der Waals surface area contributed by atoms with Gasteiger partial charge in [0.15, 0.2) is 0 Å². The lowest BCUT2D eigenvalue weighted by Crippen LogP contribution is -2.40. The van der Waals surface area contributed by atoms with Gasteiger partial charge >= 0.3 is 5.97 Å². The van der Waals surface area contributed by atoms with Gasteiger partial charge < -0.3 is 19.9 Å². The number of nitrogens with one attached hydrogen (secondary N) is 2. The van der Waals surface area contributed by atoms with E-state index in [0.717, 1.165) is 24.8 Å². The number of hydrogen-bond donors (Lipinski definition) is 2. The molecule has 2 aromatic rings. The van der Waals surface area contributed by atoms with Gasteiger partial charge in [-0.15, -0.1) is 0 Å². The Morgan fingerprint density at radius 2 is 1.72 bits per heavy atom. The number of ether oxygens (including phenoxy) is 1. The second-order valence-electron chi connectivity index (χ2n) is 8.50. The Labute approximate surface area is 189 Å². The van der Waals surface area contributed by atoms with Gasteiger partial charge in [-0.2, -0.15) is 0 Å². The Bertz CT molecular complexity index is 970. The fraction of sp³-hybridized carbons (Fsp3) is 0.480. The van der Waals surface area contributed by atoms with Crippen LogP contribution in [0.1, 0.15) is 69.4 Å². The largest absolute Gasteiger partial charge is 0.465 e. The molecule has 0 spiro atoms. The number of benzene rings is 1.